The Balaban J connectivity index is 2.19. The molecule has 2 N–H and O–H groups in total. The van der Waals surface area contributed by atoms with Gasteiger partial charge in [-0.1, -0.05) is 30.3 Å². The molecular weight excluding hydrogens is 348 g/mol. The Bertz CT molecular complexity index is 767. The number of anilines is 1. The van der Waals surface area contributed by atoms with Crippen molar-refractivity contribution < 1.29 is 23.8 Å². The molecule has 1 unspecified atom stereocenters. The molecule has 0 radical (unpaired) electrons. The number of hydrogen-bond donors (Lipinski definition) is 2. The van der Waals surface area contributed by atoms with Crippen molar-refractivity contribution >= 4 is 17.5 Å². The summed E-state index contributed by atoms with van der Waals surface area (Å²) in [5, 5.41) is 5.62. The van der Waals surface area contributed by atoms with E-state index in [0.717, 1.165) is 5.56 Å². The summed E-state index contributed by atoms with van der Waals surface area (Å²) in [4.78, 5) is 24.1. The zero-order valence-corrected chi connectivity index (χ0v) is 15.9. The van der Waals surface area contributed by atoms with Gasteiger partial charge in [-0.15, -0.1) is 0 Å². The summed E-state index contributed by atoms with van der Waals surface area (Å²) < 4.78 is 15.9. The molecule has 2 rings (SSSR count). The van der Waals surface area contributed by atoms with Gasteiger partial charge in [-0.25, -0.2) is 0 Å². The van der Waals surface area contributed by atoms with Gasteiger partial charge in [-0.05, 0) is 5.56 Å². The number of methoxy groups -OCH3 is 3. The van der Waals surface area contributed by atoms with E-state index in [0.29, 0.717) is 22.9 Å². The van der Waals surface area contributed by atoms with E-state index in [9.17, 15) is 9.59 Å². The number of nitrogens with one attached hydrogen (secondary N) is 2. The fourth-order valence-electron chi connectivity index (χ4n) is 2.73. The van der Waals surface area contributed by atoms with Crippen molar-refractivity contribution in [3.63, 3.8) is 0 Å². The van der Waals surface area contributed by atoms with Crippen LogP contribution in [0.1, 0.15) is 24.9 Å². The first kappa shape index (κ1) is 20.1. The van der Waals surface area contributed by atoms with E-state index in [1.807, 2.05) is 30.3 Å². The molecular formula is C20H24N2O5. The number of ether oxygens (including phenoxy) is 3. The second-order valence-electron chi connectivity index (χ2n) is 5.83. The van der Waals surface area contributed by atoms with Crippen LogP contribution < -0.4 is 24.8 Å². The summed E-state index contributed by atoms with van der Waals surface area (Å²) in [5.41, 5.74) is 1.36. The molecule has 0 aliphatic heterocycles. The van der Waals surface area contributed by atoms with Crippen LogP contribution in [-0.2, 0) is 9.59 Å². The van der Waals surface area contributed by atoms with Gasteiger partial charge in [0.25, 0.3) is 0 Å². The topological polar surface area (TPSA) is 85.9 Å². The standard InChI is InChI=1S/C20H24N2O5/c1-13(23)21-16(14-8-6-5-7-9-14)12-19(24)22-15-10-17(25-2)20(27-4)18(11-15)26-3/h5-11,16H,12H2,1-4H3,(H,21,23)(H,22,24). The van der Waals surface area contributed by atoms with E-state index < -0.39 is 6.04 Å². The minimum Gasteiger partial charge on any atom is -0.493 e. The monoisotopic (exact) mass is 372 g/mol. The molecule has 0 heterocycles. The highest BCUT2D eigenvalue weighted by Crippen LogP contribution is 2.40. The second-order valence-corrected chi connectivity index (χ2v) is 5.83. The van der Waals surface area contributed by atoms with Gasteiger partial charge in [0.15, 0.2) is 11.5 Å². The Hall–Kier alpha value is -3.22. The third-order valence-electron chi connectivity index (χ3n) is 3.92. The predicted molar refractivity (Wildman–Crippen MR) is 102 cm³/mol. The van der Waals surface area contributed by atoms with Gasteiger partial charge < -0.3 is 24.8 Å². The first-order valence-electron chi connectivity index (χ1n) is 8.40. The second kappa shape index (κ2) is 9.47. The van der Waals surface area contributed by atoms with Crippen LogP contribution in [0.4, 0.5) is 5.69 Å². The highest BCUT2D eigenvalue weighted by molar-refractivity contribution is 5.92. The summed E-state index contributed by atoms with van der Waals surface area (Å²) >= 11 is 0. The molecule has 27 heavy (non-hydrogen) atoms. The molecule has 7 heteroatoms. The molecule has 2 amide bonds. The van der Waals surface area contributed by atoms with Crippen LogP contribution in [0.5, 0.6) is 17.2 Å². The molecule has 144 valence electrons. The molecule has 0 aliphatic carbocycles. The normalized spacial score (nSPS) is 11.3. The summed E-state index contributed by atoms with van der Waals surface area (Å²) in [6, 6.07) is 12.2. The number of benzene rings is 2. The van der Waals surface area contributed by atoms with Crippen molar-refractivity contribution in [2.24, 2.45) is 0 Å². The van der Waals surface area contributed by atoms with Crippen molar-refractivity contribution in [1.29, 1.82) is 0 Å². The Morgan fingerprint density at radius 2 is 1.56 bits per heavy atom. The number of hydrogen-bond acceptors (Lipinski definition) is 5. The fraction of sp³-hybridized carbons (Fsp3) is 0.300. The van der Waals surface area contributed by atoms with E-state index in [1.54, 1.807) is 12.1 Å². The van der Waals surface area contributed by atoms with Crippen molar-refractivity contribution in [2.75, 3.05) is 26.6 Å². The lowest BCUT2D eigenvalue weighted by molar-refractivity contribution is -0.120. The average Bonchev–Trinajstić information content (AvgIpc) is 2.66. The Labute approximate surface area is 158 Å². The average molecular weight is 372 g/mol. The first-order chi connectivity index (χ1) is 13.0. The lowest BCUT2D eigenvalue weighted by atomic mass is 10.0. The zero-order valence-electron chi connectivity index (χ0n) is 15.9. The number of amides is 2. The van der Waals surface area contributed by atoms with Crippen LogP contribution in [-0.4, -0.2) is 33.1 Å². The predicted octanol–water partition coefficient (Wildman–Crippen LogP) is 2.92. The Kier molecular flexibility index (Phi) is 7.05. The van der Waals surface area contributed by atoms with E-state index in [1.165, 1.54) is 28.3 Å². The van der Waals surface area contributed by atoms with Gasteiger partial charge in [0, 0.05) is 24.7 Å². The lowest BCUT2D eigenvalue weighted by Gasteiger charge is -2.19. The fourth-order valence-corrected chi connectivity index (χ4v) is 2.73. The Morgan fingerprint density at radius 1 is 0.963 bits per heavy atom. The lowest BCUT2D eigenvalue weighted by Crippen LogP contribution is -2.29. The quantitative estimate of drug-likeness (QED) is 0.744. The maximum Gasteiger partial charge on any atom is 0.226 e. The highest BCUT2D eigenvalue weighted by Gasteiger charge is 2.19. The molecule has 0 bridgehead atoms. The molecule has 0 saturated carbocycles. The molecule has 0 aromatic heterocycles. The van der Waals surface area contributed by atoms with Gasteiger partial charge in [0.2, 0.25) is 17.6 Å². The smallest absolute Gasteiger partial charge is 0.226 e. The summed E-state index contributed by atoms with van der Waals surface area (Å²) in [5.74, 6) is 0.858. The van der Waals surface area contributed by atoms with Crippen LogP contribution in [0.15, 0.2) is 42.5 Å². The Morgan fingerprint density at radius 3 is 2.04 bits per heavy atom. The van der Waals surface area contributed by atoms with E-state index >= 15 is 0 Å². The largest absolute Gasteiger partial charge is 0.493 e. The van der Waals surface area contributed by atoms with Crippen LogP contribution in [0, 0.1) is 0 Å². The van der Waals surface area contributed by atoms with E-state index in [2.05, 4.69) is 10.6 Å². The van der Waals surface area contributed by atoms with Crippen molar-refractivity contribution in [3.05, 3.63) is 48.0 Å². The number of rotatable bonds is 8. The summed E-state index contributed by atoms with van der Waals surface area (Å²) in [7, 11) is 4.52. The van der Waals surface area contributed by atoms with Gasteiger partial charge in [0.05, 0.1) is 33.8 Å². The molecule has 0 fully saturated rings. The highest BCUT2D eigenvalue weighted by atomic mass is 16.5. The first-order valence-corrected chi connectivity index (χ1v) is 8.40. The maximum atomic E-state index is 12.6. The molecule has 7 nitrogen and oxygen atoms in total. The SMILES string of the molecule is COc1cc(NC(=O)CC(NC(C)=O)c2ccccc2)cc(OC)c1OC. The molecule has 2 aromatic rings. The molecule has 0 saturated heterocycles. The molecule has 1 atom stereocenters. The van der Waals surface area contributed by atoms with E-state index in [4.69, 9.17) is 14.2 Å². The van der Waals surface area contributed by atoms with E-state index in [-0.39, 0.29) is 18.2 Å². The van der Waals surface area contributed by atoms with Crippen LogP contribution in [0.2, 0.25) is 0 Å². The van der Waals surface area contributed by atoms with Crippen molar-refractivity contribution in [1.82, 2.24) is 5.32 Å². The van der Waals surface area contributed by atoms with Crippen molar-refractivity contribution in [3.8, 4) is 17.2 Å². The molecule has 0 aliphatic rings. The maximum absolute atomic E-state index is 12.6. The van der Waals surface area contributed by atoms with Crippen molar-refractivity contribution in [2.45, 2.75) is 19.4 Å². The molecule has 2 aromatic carbocycles. The van der Waals surface area contributed by atoms with Gasteiger partial charge in [-0.3, -0.25) is 9.59 Å². The third kappa shape index (κ3) is 5.37. The van der Waals surface area contributed by atoms with Crippen LogP contribution in [0.25, 0.3) is 0 Å². The molecule has 0 spiro atoms. The van der Waals surface area contributed by atoms with Crippen LogP contribution >= 0.6 is 0 Å². The number of carbonyl (C=O) groups is 2. The number of carbonyl (C=O) groups excluding carboxylic acids is 2. The summed E-state index contributed by atoms with van der Waals surface area (Å²) in [6.45, 7) is 1.42. The zero-order chi connectivity index (χ0) is 19.8. The third-order valence-corrected chi connectivity index (χ3v) is 3.92. The minimum absolute atomic E-state index is 0.0836. The minimum atomic E-state index is -0.425. The van der Waals surface area contributed by atoms with Crippen LogP contribution in [0.3, 0.4) is 0 Å². The van der Waals surface area contributed by atoms with Gasteiger partial charge >= 0.3 is 0 Å². The summed E-state index contributed by atoms with van der Waals surface area (Å²) in [6.07, 6.45) is 0.0836. The van der Waals surface area contributed by atoms with Gasteiger partial charge in [-0.2, -0.15) is 0 Å². The van der Waals surface area contributed by atoms with Gasteiger partial charge in [0.1, 0.15) is 0 Å².